The summed E-state index contributed by atoms with van der Waals surface area (Å²) >= 11 is 2.42. The number of benzene rings is 2. The number of rotatable bonds is 9. The second-order valence-electron chi connectivity index (χ2n) is 10.5. The molecule has 5 rings (SSSR count). The number of hydrogen-bond donors (Lipinski definition) is 2. The van der Waals surface area contributed by atoms with Crippen LogP contribution < -0.4 is 20.3 Å². The fraction of sp³-hybridized carbons (Fsp3) is 0.464. The monoisotopic (exact) mass is 692 g/mol. The lowest BCUT2D eigenvalue weighted by Gasteiger charge is -2.42. The molecule has 0 aliphatic carbocycles. The maximum atomic E-state index is 12.8. The number of sulfone groups is 1. The number of piperazine rings is 1. The van der Waals surface area contributed by atoms with Crippen molar-refractivity contribution < 1.29 is 13.2 Å². The maximum Gasteiger partial charge on any atom is 0.232 e. The predicted octanol–water partition coefficient (Wildman–Crippen LogP) is 4.49. The molecule has 2 aliphatic rings. The van der Waals surface area contributed by atoms with Crippen LogP contribution in [0.4, 0.5) is 29.0 Å². The zero-order chi connectivity index (χ0) is 29.0. The summed E-state index contributed by atoms with van der Waals surface area (Å²) in [5.74, 6) is 1.23. The number of aromatic nitrogens is 3. The molecule has 3 heterocycles. The first kappa shape index (κ1) is 29.7. The van der Waals surface area contributed by atoms with Gasteiger partial charge in [0.05, 0.1) is 28.6 Å². The number of nitrogens with zero attached hydrogens (tertiary/aromatic N) is 6. The van der Waals surface area contributed by atoms with Gasteiger partial charge in [-0.05, 0) is 51.0 Å². The van der Waals surface area contributed by atoms with Crippen molar-refractivity contribution in [2.24, 2.45) is 0 Å². The Bertz CT molecular complexity index is 1440. The highest BCUT2D eigenvalue weighted by atomic mass is 127. The van der Waals surface area contributed by atoms with Crippen molar-refractivity contribution in [2.75, 3.05) is 61.9 Å². The first-order chi connectivity index (χ1) is 19.7. The average Bonchev–Trinajstić information content (AvgIpc) is 2.98. The van der Waals surface area contributed by atoms with Crippen molar-refractivity contribution in [2.45, 2.75) is 42.9 Å². The van der Waals surface area contributed by atoms with Crippen molar-refractivity contribution in [1.82, 2.24) is 23.0 Å². The Labute approximate surface area is 256 Å². The quantitative estimate of drug-likeness (QED) is 0.244. The Kier molecular flexibility index (Phi) is 9.46. The second-order valence-corrected chi connectivity index (χ2v) is 14.4. The lowest BCUT2D eigenvalue weighted by molar-refractivity contribution is 0.129. The smallest absolute Gasteiger partial charge is 0.232 e. The molecule has 41 heavy (non-hydrogen) atoms. The number of methoxy groups -OCH3 is 1. The second kappa shape index (κ2) is 13.0. The Hall–Kier alpha value is -2.75. The van der Waals surface area contributed by atoms with E-state index in [0.29, 0.717) is 23.4 Å². The molecule has 0 unspecified atom stereocenters. The summed E-state index contributed by atoms with van der Waals surface area (Å²) in [6.45, 7) is 9.93. The molecule has 2 saturated heterocycles. The number of anilines is 5. The highest BCUT2D eigenvalue weighted by Gasteiger charge is 2.27. The van der Waals surface area contributed by atoms with Gasteiger partial charge < -0.3 is 20.3 Å². The molecule has 0 radical (unpaired) electrons. The third-order valence-corrected chi connectivity index (χ3v) is 10.8. The van der Waals surface area contributed by atoms with E-state index in [1.165, 1.54) is 6.33 Å². The summed E-state index contributed by atoms with van der Waals surface area (Å²) in [6.07, 6.45) is 3.69. The van der Waals surface area contributed by atoms with Gasteiger partial charge in [0, 0.05) is 79.9 Å². The van der Waals surface area contributed by atoms with E-state index in [-0.39, 0.29) is 10.8 Å². The van der Waals surface area contributed by atoms with Crippen LogP contribution in [0.15, 0.2) is 53.7 Å². The third kappa shape index (κ3) is 7.01. The molecule has 3 aromatic rings. The standard InChI is InChI=1S/C28H37IN8O3S/c1-20(2)41(38,39)26-7-5-4-6-24(26)33-28-31-19-30-27(34-28)32-23-9-8-22(18-25(23)40-3)35-12-10-21(11-13-35)36-14-16-37(29)17-15-36/h4-9,18-21H,10-17H2,1-3H3,(H2,30,31,32,33,34). The van der Waals surface area contributed by atoms with Gasteiger partial charge in [0.1, 0.15) is 12.1 Å². The van der Waals surface area contributed by atoms with Gasteiger partial charge in [-0.2, -0.15) is 4.98 Å². The van der Waals surface area contributed by atoms with E-state index in [1.54, 1.807) is 45.2 Å². The molecule has 0 saturated carbocycles. The lowest BCUT2D eigenvalue weighted by atomic mass is 10.0. The zero-order valence-corrected chi connectivity index (χ0v) is 26.6. The predicted molar refractivity (Wildman–Crippen MR) is 171 cm³/mol. The molecule has 0 bridgehead atoms. The van der Waals surface area contributed by atoms with Gasteiger partial charge in [-0.25, -0.2) is 21.5 Å². The summed E-state index contributed by atoms with van der Waals surface area (Å²) < 4.78 is 33.8. The van der Waals surface area contributed by atoms with Crippen LogP contribution in [0.5, 0.6) is 5.75 Å². The number of halogens is 1. The van der Waals surface area contributed by atoms with Gasteiger partial charge in [0.25, 0.3) is 0 Å². The largest absolute Gasteiger partial charge is 0.494 e. The third-order valence-electron chi connectivity index (χ3n) is 7.67. The molecule has 0 amide bonds. The van der Waals surface area contributed by atoms with Crippen molar-refractivity contribution in [3.05, 3.63) is 48.8 Å². The number of piperidine rings is 1. The lowest BCUT2D eigenvalue weighted by Crippen LogP contribution is -2.51. The molecule has 0 spiro atoms. The molecule has 2 aliphatic heterocycles. The van der Waals surface area contributed by atoms with Crippen molar-refractivity contribution in [1.29, 1.82) is 0 Å². The number of ether oxygens (including phenoxy) is 1. The minimum atomic E-state index is -3.49. The Balaban J connectivity index is 1.26. The van der Waals surface area contributed by atoms with Crippen molar-refractivity contribution in [3.63, 3.8) is 0 Å². The van der Waals surface area contributed by atoms with Gasteiger partial charge in [0.15, 0.2) is 9.84 Å². The van der Waals surface area contributed by atoms with Crippen LogP contribution in [-0.4, -0.2) is 89.1 Å². The van der Waals surface area contributed by atoms with Crippen LogP contribution in [0.3, 0.4) is 0 Å². The maximum absolute atomic E-state index is 12.8. The van der Waals surface area contributed by atoms with Gasteiger partial charge >= 0.3 is 0 Å². The van der Waals surface area contributed by atoms with E-state index in [1.807, 2.05) is 12.1 Å². The van der Waals surface area contributed by atoms with Crippen molar-refractivity contribution in [3.8, 4) is 5.75 Å². The van der Waals surface area contributed by atoms with Crippen LogP contribution in [0.1, 0.15) is 26.7 Å². The van der Waals surface area contributed by atoms with E-state index in [2.05, 4.69) is 67.4 Å². The fourth-order valence-corrected chi connectivity index (χ4v) is 6.89. The van der Waals surface area contributed by atoms with E-state index in [9.17, 15) is 8.42 Å². The van der Waals surface area contributed by atoms with Crippen molar-refractivity contribution >= 4 is 61.7 Å². The van der Waals surface area contributed by atoms with Crippen LogP contribution in [0.2, 0.25) is 0 Å². The molecular weight excluding hydrogens is 655 g/mol. The molecule has 2 fully saturated rings. The summed E-state index contributed by atoms with van der Waals surface area (Å²) in [7, 11) is -1.85. The highest BCUT2D eigenvalue weighted by Crippen LogP contribution is 2.33. The van der Waals surface area contributed by atoms with Crippen LogP contribution >= 0.6 is 22.9 Å². The first-order valence-corrected chi connectivity index (χ1v) is 16.4. The SMILES string of the molecule is COc1cc(N2CCC(N3CCN(I)CC3)CC2)ccc1Nc1ncnc(Nc2ccccc2S(=O)(=O)C(C)C)n1. The molecule has 220 valence electrons. The summed E-state index contributed by atoms with van der Waals surface area (Å²) in [5, 5.41) is 5.71. The molecule has 0 atom stereocenters. The average molecular weight is 693 g/mol. The highest BCUT2D eigenvalue weighted by molar-refractivity contribution is 14.1. The molecule has 13 heteroatoms. The normalized spacial score (nSPS) is 17.5. The number of nitrogens with one attached hydrogen (secondary N) is 2. The van der Waals surface area contributed by atoms with E-state index < -0.39 is 15.1 Å². The Morgan fingerprint density at radius 3 is 2.24 bits per heavy atom. The topological polar surface area (TPSA) is 116 Å². The summed E-state index contributed by atoms with van der Waals surface area (Å²) in [6, 6.07) is 13.5. The van der Waals surface area contributed by atoms with E-state index in [4.69, 9.17) is 4.74 Å². The van der Waals surface area contributed by atoms with E-state index in [0.717, 1.165) is 63.5 Å². The summed E-state index contributed by atoms with van der Waals surface area (Å²) in [4.78, 5) is 18.2. The van der Waals surface area contributed by atoms with Gasteiger partial charge in [-0.15, -0.1) is 0 Å². The Morgan fingerprint density at radius 2 is 1.59 bits per heavy atom. The number of para-hydroxylation sites is 1. The molecule has 11 nitrogen and oxygen atoms in total. The summed E-state index contributed by atoms with van der Waals surface area (Å²) in [5.41, 5.74) is 2.27. The van der Waals surface area contributed by atoms with E-state index >= 15 is 0 Å². The minimum Gasteiger partial charge on any atom is -0.494 e. The minimum absolute atomic E-state index is 0.203. The number of hydrogen-bond acceptors (Lipinski definition) is 11. The molecule has 2 aromatic carbocycles. The zero-order valence-electron chi connectivity index (χ0n) is 23.6. The van der Waals surface area contributed by atoms with Crippen LogP contribution in [0.25, 0.3) is 0 Å². The first-order valence-electron chi connectivity index (χ1n) is 13.9. The molecular formula is C28H37IN8O3S. The Morgan fingerprint density at radius 1 is 0.927 bits per heavy atom. The van der Waals surface area contributed by atoms with Gasteiger partial charge in [0.2, 0.25) is 11.9 Å². The van der Waals surface area contributed by atoms with Gasteiger partial charge in [-0.3, -0.25) is 4.90 Å². The van der Waals surface area contributed by atoms with Gasteiger partial charge in [-0.1, -0.05) is 12.1 Å². The molecule has 2 N–H and O–H groups in total. The fourth-order valence-electron chi connectivity index (χ4n) is 5.26. The molecule has 1 aromatic heterocycles. The van der Waals surface area contributed by atoms with Crippen LogP contribution in [-0.2, 0) is 9.84 Å². The van der Waals surface area contributed by atoms with Crippen LogP contribution in [0, 0.1) is 0 Å².